The Morgan fingerprint density at radius 3 is 0.596 bits per heavy atom. The number of hydrogen-bond donors (Lipinski definition) is 0. The summed E-state index contributed by atoms with van der Waals surface area (Å²) >= 11 is 0. The first kappa shape index (κ1) is 46.2. The lowest BCUT2D eigenvalue weighted by molar-refractivity contribution is 0.259. The number of ether oxygens (including phenoxy) is 6. The summed E-state index contributed by atoms with van der Waals surface area (Å²) in [5.74, 6) is 4.82. The van der Waals surface area contributed by atoms with Crippen molar-refractivity contribution < 1.29 is 28.4 Å². The molecule has 4 aromatic carbocycles. The highest BCUT2D eigenvalue weighted by Crippen LogP contribution is 2.47. The third kappa shape index (κ3) is 14.7. The molecule has 0 fully saturated rings. The molecule has 318 valence electrons. The molecule has 6 nitrogen and oxygen atoms in total. The van der Waals surface area contributed by atoms with Gasteiger partial charge in [-0.1, -0.05) is 138 Å². The number of unbranched alkanes of at least 4 members (excludes halogenated alkanes) is 15. The molecule has 57 heavy (non-hydrogen) atoms. The predicted molar refractivity (Wildman–Crippen MR) is 243 cm³/mol. The molecule has 0 N–H and O–H groups in total. The normalized spacial score (nSPS) is 11.5. The van der Waals surface area contributed by atoms with E-state index < -0.39 is 0 Å². The quantitative estimate of drug-likeness (QED) is 0.0354. The van der Waals surface area contributed by atoms with E-state index in [1.807, 2.05) is 0 Å². The molecule has 0 atom stereocenters. The van der Waals surface area contributed by atoms with E-state index in [0.717, 1.165) is 137 Å². The number of rotatable bonds is 33. The SMILES string of the molecule is CCCCCCOc1cc2c(cc1OCCC)c1cc(OCCCCCC)c(OCCCCCC)cc1c1cc(OCCCCCC)c(OCCCCCC)cc21. The Labute approximate surface area is 346 Å². The van der Waals surface area contributed by atoms with Crippen molar-refractivity contribution in [2.45, 2.75) is 176 Å². The summed E-state index contributed by atoms with van der Waals surface area (Å²) < 4.78 is 39.5. The lowest BCUT2D eigenvalue weighted by Gasteiger charge is -2.20. The second-order valence-electron chi connectivity index (χ2n) is 15.9. The van der Waals surface area contributed by atoms with Gasteiger partial charge in [0, 0.05) is 0 Å². The molecule has 0 spiro atoms. The molecule has 0 saturated carbocycles. The lowest BCUT2D eigenvalue weighted by atomic mass is 9.93. The van der Waals surface area contributed by atoms with Gasteiger partial charge >= 0.3 is 0 Å². The van der Waals surface area contributed by atoms with Gasteiger partial charge in [-0.3, -0.25) is 0 Å². The summed E-state index contributed by atoms with van der Waals surface area (Å²) in [7, 11) is 0. The topological polar surface area (TPSA) is 55.4 Å². The Morgan fingerprint density at radius 2 is 0.421 bits per heavy atom. The van der Waals surface area contributed by atoms with E-state index in [0.29, 0.717) is 39.6 Å². The van der Waals surface area contributed by atoms with E-state index in [9.17, 15) is 0 Å². The molecule has 0 amide bonds. The molecular formula is C51H78O6. The first-order valence-corrected chi connectivity index (χ1v) is 23.4. The third-order valence-electron chi connectivity index (χ3n) is 10.9. The smallest absolute Gasteiger partial charge is 0.161 e. The van der Waals surface area contributed by atoms with Crippen LogP contribution in [0.1, 0.15) is 176 Å². The zero-order valence-electron chi connectivity index (χ0n) is 37.0. The third-order valence-corrected chi connectivity index (χ3v) is 10.9. The highest BCUT2D eigenvalue weighted by atomic mass is 16.5. The lowest BCUT2D eigenvalue weighted by Crippen LogP contribution is -2.05. The van der Waals surface area contributed by atoms with Gasteiger partial charge in [0.25, 0.3) is 0 Å². The number of fused-ring (bicyclic) bond motifs is 6. The van der Waals surface area contributed by atoms with Crippen molar-refractivity contribution in [3.8, 4) is 34.5 Å². The van der Waals surface area contributed by atoms with Crippen LogP contribution in [0.2, 0.25) is 0 Å². The minimum atomic E-state index is 0.625. The van der Waals surface area contributed by atoms with Crippen molar-refractivity contribution >= 4 is 32.3 Å². The molecule has 0 unspecified atom stereocenters. The van der Waals surface area contributed by atoms with Crippen molar-refractivity contribution in [1.29, 1.82) is 0 Å². The van der Waals surface area contributed by atoms with Gasteiger partial charge in [-0.2, -0.15) is 0 Å². The summed E-state index contributed by atoms with van der Waals surface area (Å²) in [5.41, 5.74) is 0. The van der Waals surface area contributed by atoms with Gasteiger partial charge < -0.3 is 28.4 Å². The van der Waals surface area contributed by atoms with Crippen LogP contribution in [-0.4, -0.2) is 39.6 Å². The molecule has 0 bridgehead atoms. The zero-order valence-corrected chi connectivity index (χ0v) is 37.0. The second-order valence-corrected chi connectivity index (χ2v) is 15.9. The minimum Gasteiger partial charge on any atom is -0.490 e. The Bertz CT molecular complexity index is 1660. The minimum absolute atomic E-state index is 0.625. The Hall–Kier alpha value is -3.54. The second kappa shape index (κ2) is 27.2. The molecule has 0 saturated heterocycles. The van der Waals surface area contributed by atoms with E-state index in [1.54, 1.807) is 0 Å². The van der Waals surface area contributed by atoms with Gasteiger partial charge in [-0.15, -0.1) is 0 Å². The molecule has 0 aliphatic carbocycles. The molecule has 0 aliphatic rings. The van der Waals surface area contributed by atoms with Crippen molar-refractivity contribution in [3.63, 3.8) is 0 Å². The molecule has 0 heterocycles. The van der Waals surface area contributed by atoms with Crippen LogP contribution in [0.15, 0.2) is 36.4 Å². The van der Waals surface area contributed by atoms with Crippen LogP contribution in [0.3, 0.4) is 0 Å². The maximum atomic E-state index is 6.62. The van der Waals surface area contributed by atoms with E-state index >= 15 is 0 Å². The Kier molecular flexibility index (Phi) is 22.0. The fourth-order valence-electron chi connectivity index (χ4n) is 7.46. The van der Waals surface area contributed by atoms with Crippen molar-refractivity contribution in [1.82, 2.24) is 0 Å². The van der Waals surface area contributed by atoms with Gasteiger partial charge in [0.05, 0.1) is 39.6 Å². The molecule has 4 rings (SSSR count). The van der Waals surface area contributed by atoms with Crippen molar-refractivity contribution in [3.05, 3.63) is 36.4 Å². The van der Waals surface area contributed by atoms with Crippen LogP contribution in [0, 0.1) is 0 Å². The molecule has 4 aromatic rings. The fraction of sp³-hybridized carbons (Fsp3) is 0.647. The van der Waals surface area contributed by atoms with Crippen LogP contribution in [0.4, 0.5) is 0 Å². The molecule has 0 aromatic heterocycles. The fourth-order valence-corrected chi connectivity index (χ4v) is 7.46. The van der Waals surface area contributed by atoms with E-state index in [-0.39, 0.29) is 0 Å². The number of hydrogen-bond acceptors (Lipinski definition) is 6. The number of benzene rings is 4. The summed E-state index contributed by atoms with van der Waals surface area (Å²) in [5, 5.41) is 6.66. The molecule has 0 radical (unpaired) electrons. The summed E-state index contributed by atoms with van der Waals surface area (Å²) in [4.78, 5) is 0. The first-order valence-electron chi connectivity index (χ1n) is 23.4. The summed E-state index contributed by atoms with van der Waals surface area (Å²) in [6, 6.07) is 13.3. The molecular weight excluding hydrogens is 709 g/mol. The largest absolute Gasteiger partial charge is 0.490 e. The zero-order chi connectivity index (χ0) is 40.5. The highest BCUT2D eigenvalue weighted by molar-refractivity contribution is 6.26. The maximum Gasteiger partial charge on any atom is 0.161 e. The summed E-state index contributed by atoms with van der Waals surface area (Å²) in [6.07, 6.45) is 23.9. The van der Waals surface area contributed by atoms with E-state index in [2.05, 4.69) is 77.9 Å². The molecule has 6 heteroatoms. The van der Waals surface area contributed by atoms with Crippen molar-refractivity contribution in [2.24, 2.45) is 0 Å². The van der Waals surface area contributed by atoms with Crippen molar-refractivity contribution in [2.75, 3.05) is 39.6 Å². The average molecular weight is 787 g/mol. The summed E-state index contributed by atoms with van der Waals surface area (Å²) in [6.45, 7) is 17.3. The highest BCUT2D eigenvalue weighted by Gasteiger charge is 2.20. The molecule has 0 aliphatic heterocycles. The van der Waals surface area contributed by atoms with Gasteiger partial charge in [0.1, 0.15) is 0 Å². The van der Waals surface area contributed by atoms with Gasteiger partial charge in [0.2, 0.25) is 0 Å². The predicted octanol–water partition coefficient (Wildman–Crippen LogP) is 15.7. The van der Waals surface area contributed by atoms with Crippen LogP contribution >= 0.6 is 0 Å². The first-order chi connectivity index (χ1) is 28.1. The van der Waals surface area contributed by atoms with Gasteiger partial charge in [-0.05, 0) is 107 Å². The maximum absolute atomic E-state index is 6.62. The van der Waals surface area contributed by atoms with Crippen LogP contribution in [0.5, 0.6) is 34.5 Å². The van der Waals surface area contributed by atoms with Gasteiger partial charge in [-0.25, -0.2) is 0 Å². The van der Waals surface area contributed by atoms with Gasteiger partial charge in [0.15, 0.2) is 34.5 Å². The Balaban J connectivity index is 1.95. The monoisotopic (exact) mass is 787 g/mol. The average Bonchev–Trinajstić information content (AvgIpc) is 3.22. The van der Waals surface area contributed by atoms with Crippen LogP contribution < -0.4 is 28.4 Å². The van der Waals surface area contributed by atoms with E-state index in [4.69, 9.17) is 28.4 Å². The van der Waals surface area contributed by atoms with Crippen LogP contribution in [-0.2, 0) is 0 Å². The standard InChI is InChI=1S/C51H78O6/c1-7-13-18-23-29-53-47-35-41-40(34-46(47)52-28-12-6)42-36-48(54-30-24-19-14-8-2)50(56-32-26-21-16-10-4)38-44(42)45-39-51(57-33-27-22-17-11-5)49(37-43(41)45)55-31-25-20-15-9-3/h34-39H,7-33H2,1-6H3. The van der Waals surface area contributed by atoms with E-state index in [1.165, 1.54) is 64.2 Å². The Morgan fingerprint density at radius 1 is 0.228 bits per heavy atom. The van der Waals surface area contributed by atoms with Crippen LogP contribution in [0.25, 0.3) is 32.3 Å².